The summed E-state index contributed by atoms with van der Waals surface area (Å²) < 4.78 is 5.21. The first-order chi connectivity index (χ1) is 7.27. The summed E-state index contributed by atoms with van der Waals surface area (Å²) in [6.07, 6.45) is 6.40. The number of carbonyl (C=O) groups excluding carboxylic acids is 1. The molecule has 0 amide bonds. The van der Waals surface area contributed by atoms with E-state index in [2.05, 4.69) is 0 Å². The third-order valence-electron chi connectivity index (χ3n) is 2.30. The Hall–Kier alpha value is -1.83. The fourth-order valence-corrected chi connectivity index (χ4v) is 1.42. The molecule has 1 aliphatic heterocycles. The molecule has 1 atom stereocenters. The Labute approximate surface area is 88.9 Å². The highest BCUT2D eigenvalue weighted by molar-refractivity contribution is 6.00. The summed E-state index contributed by atoms with van der Waals surface area (Å²) in [6, 6.07) is 7.51. The van der Waals surface area contributed by atoms with Crippen LogP contribution in [0.25, 0.3) is 0 Å². The van der Waals surface area contributed by atoms with Gasteiger partial charge in [-0.2, -0.15) is 0 Å². The van der Waals surface area contributed by atoms with E-state index >= 15 is 0 Å². The van der Waals surface area contributed by atoms with Crippen LogP contribution in [-0.4, -0.2) is 11.9 Å². The molecule has 0 aromatic heterocycles. The molecule has 0 N–H and O–H groups in total. The summed E-state index contributed by atoms with van der Waals surface area (Å²) in [4.78, 5) is 11.9. The van der Waals surface area contributed by atoms with Crippen LogP contribution in [0.3, 0.4) is 0 Å². The van der Waals surface area contributed by atoms with E-state index in [0.29, 0.717) is 5.56 Å². The molecule has 1 heterocycles. The highest BCUT2D eigenvalue weighted by Gasteiger charge is 2.18. The number of hydrogen-bond donors (Lipinski definition) is 0. The number of hydrogen-bond acceptors (Lipinski definition) is 2. The molecule has 0 saturated heterocycles. The van der Waals surface area contributed by atoms with Gasteiger partial charge in [0.15, 0.2) is 6.10 Å². The minimum atomic E-state index is -0.474. The molecule has 2 rings (SSSR count). The smallest absolute Gasteiger partial charge is 0.207 e. The van der Waals surface area contributed by atoms with Gasteiger partial charge in [-0.3, -0.25) is 4.79 Å². The molecule has 0 spiro atoms. The zero-order valence-electron chi connectivity index (χ0n) is 8.51. The van der Waals surface area contributed by atoms with Gasteiger partial charge in [-0.05, 0) is 19.1 Å². The molecule has 0 fully saturated rings. The number of Topliss-reactive ketones (excluding diaryl/α,β-unsaturated/α-hetero) is 1. The van der Waals surface area contributed by atoms with E-state index < -0.39 is 6.10 Å². The second-order valence-corrected chi connectivity index (χ2v) is 3.50. The number of ketones is 1. The molecule has 2 nitrogen and oxygen atoms in total. The Morgan fingerprint density at radius 3 is 2.53 bits per heavy atom. The Balaban J connectivity index is 2.17. The van der Waals surface area contributed by atoms with Crippen molar-refractivity contribution >= 4 is 5.78 Å². The lowest BCUT2D eigenvalue weighted by Crippen LogP contribution is -2.21. The first-order valence-corrected chi connectivity index (χ1v) is 4.87. The molecule has 0 saturated carbocycles. The molecule has 0 bridgehead atoms. The molecule has 1 unspecified atom stereocenters. The Kier molecular flexibility index (Phi) is 2.68. The minimum absolute atomic E-state index is 0.00407. The quantitative estimate of drug-likeness (QED) is 0.686. The molecule has 0 aliphatic carbocycles. The number of benzene rings is 1. The van der Waals surface area contributed by atoms with Crippen molar-refractivity contribution in [2.75, 3.05) is 0 Å². The van der Waals surface area contributed by atoms with Crippen LogP contribution in [-0.2, 0) is 4.74 Å². The standard InChI is InChI=1S/C13H12O2/c1-10-5-7-11(8-6-10)13(14)12-4-2-3-9-15-12/h2-9,12H,1H3. The van der Waals surface area contributed by atoms with Gasteiger partial charge < -0.3 is 4.74 Å². The highest BCUT2D eigenvalue weighted by Crippen LogP contribution is 2.11. The Morgan fingerprint density at radius 2 is 1.93 bits per heavy atom. The van der Waals surface area contributed by atoms with Crippen molar-refractivity contribution in [1.29, 1.82) is 0 Å². The van der Waals surface area contributed by atoms with Crippen LogP contribution in [0, 0.1) is 6.92 Å². The fourth-order valence-electron chi connectivity index (χ4n) is 1.42. The largest absolute Gasteiger partial charge is 0.486 e. The van der Waals surface area contributed by atoms with E-state index in [-0.39, 0.29) is 5.78 Å². The van der Waals surface area contributed by atoms with Crippen molar-refractivity contribution in [1.82, 2.24) is 0 Å². The van der Waals surface area contributed by atoms with Gasteiger partial charge in [-0.15, -0.1) is 0 Å². The number of rotatable bonds is 2. The van der Waals surface area contributed by atoms with Crippen LogP contribution in [0.4, 0.5) is 0 Å². The van der Waals surface area contributed by atoms with E-state index in [1.54, 1.807) is 12.2 Å². The average Bonchev–Trinajstić information content (AvgIpc) is 2.30. The molecular weight excluding hydrogens is 188 g/mol. The summed E-state index contributed by atoms with van der Waals surface area (Å²) in [5, 5.41) is 0. The van der Waals surface area contributed by atoms with E-state index in [0.717, 1.165) is 5.56 Å². The summed E-state index contributed by atoms with van der Waals surface area (Å²) in [5.41, 5.74) is 1.83. The Bertz CT molecular complexity index is 413. The molecule has 0 radical (unpaired) electrons. The summed E-state index contributed by atoms with van der Waals surface area (Å²) in [7, 11) is 0. The predicted octanol–water partition coefficient (Wildman–Crippen LogP) is 2.65. The first-order valence-electron chi connectivity index (χ1n) is 4.87. The zero-order chi connectivity index (χ0) is 10.7. The lowest BCUT2D eigenvalue weighted by Gasteiger charge is -2.13. The number of ether oxygens (including phenoxy) is 1. The summed E-state index contributed by atoms with van der Waals surface area (Å²) in [5.74, 6) is -0.00407. The van der Waals surface area contributed by atoms with Gasteiger partial charge >= 0.3 is 0 Å². The van der Waals surface area contributed by atoms with Crippen molar-refractivity contribution in [2.24, 2.45) is 0 Å². The lowest BCUT2D eigenvalue weighted by molar-refractivity contribution is 0.0785. The van der Waals surface area contributed by atoms with Crippen molar-refractivity contribution in [3.63, 3.8) is 0 Å². The number of aryl methyl sites for hydroxylation is 1. The Morgan fingerprint density at radius 1 is 1.20 bits per heavy atom. The van der Waals surface area contributed by atoms with Crippen molar-refractivity contribution in [3.8, 4) is 0 Å². The lowest BCUT2D eigenvalue weighted by atomic mass is 10.0. The maximum absolute atomic E-state index is 11.9. The van der Waals surface area contributed by atoms with Crippen LogP contribution in [0.1, 0.15) is 15.9 Å². The van der Waals surface area contributed by atoms with Crippen molar-refractivity contribution in [3.05, 3.63) is 59.9 Å². The van der Waals surface area contributed by atoms with Crippen molar-refractivity contribution < 1.29 is 9.53 Å². The topological polar surface area (TPSA) is 26.3 Å². The van der Waals surface area contributed by atoms with Gasteiger partial charge in [0.25, 0.3) is 0 Å². The van der Waals surface area contributed by atoms with Crippen LogP contribution in [0.2, 0.25) is 0 Å². The average molecular weight is 200 g/mol. The molecule has 76 valence electrons. The molecule has 1 aromatic carbocycles. The van der Waals surface area contributed by atoms with Gasteiger partial charge in [0.2, 0.25) is 5.78 Å². The third-order valence-corrected chi connectivity index (χ3v) is 2.30. The monoisotopic (exact) mass is 200 g/mol. The van der Waals surface area contributed by atoms with Crippen LogP contribution in [0.15, 0.2) is 48.8 Å². The number of allylic oxidation sites excluding steroid dienone is 2. The van der Waals surface area contributed by atoms with Crippen LogP contribution < -0.4 is 0 Å². The van der Waals surface area contributed by atoms with Gasteiger partial charge in [-0.25, -0.2) is 0 Å². The highest BCUT2D eigenvalue weighted by atomic mass is 16.5. The second kappa shape index (κ2) is 4.13. The zero-order valence-corrected chi connectivity index (χ0v) is 8.51. The maximum Gasteiger partial charge on any atom is 0.207 e. The molecule has 15 heavy (non-hydrogen) atoms. The molecule has 2 heteroatoms. The summed E-state index contributed by atoms with van der Waals surface area (Å²) in [6.45, 7) is 1.99. The van der Waals surface area contributed by atoms with Crippen molar-refractivity contribution in [2.45, 2.75) is 13.0 Å². The maximum atomic E-state index is 11.9. The number of carbonyl (C=O) groups is 1. The minimum Gasteiger partial charge on any atom is -0.486 e. The van der Waals surface area contributed by atoms with E-state index in [1.807, 2.05) is 37.3 Å². The molecule has 1 aliphatic rings. The van der Waals surface area contributed by atoms with Gasteiger partial charge in [-0.1, -0.05) is 35.9 Å². The van der Waals surface area contributed by atoms with Gasteiger partial charge in [0.05, 0.1) is 6.26 Å². The SMILES string of the molecule is Cc1ccc(C(=O)C2C=CC=CO2)cc1. The predicted molar refractivity (Wildman–Crippen MR) is 58.7 cm³/mol. The second-order valence-electron chi connectivity index (χ2n) is 3.50. The van der Waals surface area contributed by atoms with Gasteiger partial charge in [0, 0.05) is 5.56 Å². The first kappa shape index (κ1) is 9.71. The van der Waals surface area contributed by atoms with Crippen LogP contribution >= 0.6 is 0 Å². The normalized spacial score (nSPS) is 18.6. The third kappa shape index (κ3) is 2.15. The molecule has 1 aromatic rings. The van der Waals surface area contributed by atoms with E-state index in [9.17, 15) is 4.79 Å². The van der Waals surface area contributed by atoms with Crippen LogP contribution in [0.5, 0.6) is 0 Å². The molecular formula is C13H12O2. The summed E-state index contributed by atoms with van der Waals surface area (Å²) >= 11 is 0. The van der Waals surface area contributed by atoms with Gasteiger partial charge in [0.1, 0.15) is 0 Å². The van der Waals surface area contributed by atoms with E-state index in [4.69, 9.17) is 4.74 Å². The van der Waals surface area contributed by atoms with E-state index in [1.165, 1.54) is 6.26 Å². The fraction of sp³-hybridized carbons (Fsp3) is 0.154.